The second-order valence-electron chi connectivity index (χ2n) is 5.91. The number of nitrogens with zero attached hydrogens (tertiary/aromatic N) is 2. The molecule has 2 N–H and O–H groups in total. The van der Waals surface area contributed by atoms with Gasteiger partial charge in [0.15, 0.2) is 0 Å². The molecule has 1 aromatic heterocycles. The van der Waals surface area contributed by atoms with E-state index in [1.165, 1.54) is 50.5 Å². The molecule has 0 bridgehead atoms. The zero-order chi connectivity index (χ0) is 13.6. The maximum atomic E-state index is 6.16. The van der Waals surface area contributed by atoms with E-state index >= 15 is 0 Å². The summed E-state index contributed by atoms with van der Waals surface area (Å²) in [6, 6.07) is 4.16. The average Bonchev–Trinajstić information content (AvgIpc) is 2.40. The Kier molecular flexibility index (Phi) is 5.34. The molecular formula is C16H27N3. The van der Waals surface area contributed by atoms with E-state index in [2.05, 4.69) is 23.0 Å². The van der Waals surface area contributed by atoms with Crippen LogP contribution in [0.3, 0.4) is 0 Å². The van der Waals surface area contributed by atoms with Gasteiger partial charge in [-0.05, 0) is 31.5 Å². The Labute approximate surface area is 117 Å². The second-order valence-corrected chi connectivity index (χ2v) is 5.91. The van der Waals surface area contributed by atoms with E-state index < -0.39 is 0 Å². The van der Waals surface area contributed by atoms with Crippen molar-refractivity contribution in [3.05, 3.63) is 30.1 Å². The van der Waals surface area contributed by atoms with Crippen LogP contribution in [-0.2, 0) is 6.54 Å². The Morgan fingerprint density at radius 3 is 2.47 bits per heavy atom. The SMILES string of the molecule is CN(Cc1cccnc1)C1(CN)CCCCCCC1. The highest BCUT2D eigenvalue weighted by Crippen LogP contribution is 2.31. The van der Waals surface area contributed by atoms with Crippen LogP contribution >= 0.6 is 0 Å². The molecule has 0 saturated heterocycles. The molecule has 1 saturated carbocycles. The topological polar surface area (TPSA) is 42.2 Å². The Hall–Kier alpha value is -0.930. The lowest BCUT2D eigenvalue weighted by atomic mass is 9.82. The number of nitrogens with two attached hydrogens (primary N) is 1. The lowest BCUT2D eigenvalue weighted by molar-refractivity contribution is 0.0864. The third kappa shape index (κ3) is 3.77. The molecule has 2 rings (SSSR count). The summed E-state index contributed by atoms with van der Waals surface area (Å²) >= 11 is 0. The smallest absolute Gasteiger partial charge is 0.0332 e. The highest BCUT2D eigenvalue weighted by molar-refractivity contribution is 5.09. The van der Waals surface area contributed by atoms with Gasteiger partial charge in [0.05, 0.1) is 0 Å². The number of rotatable bonds is 4. The number of aromatic nitrogens is 1. The molecule has 0 radical (unpaired) electrons. The van der Waals surface area contributed by atoms with Crippen LogP contribution in [0.5, 0.6) is 0 Å². The Bertz CT molecular complexity index is 356. The van der Waals surface area contributed by atoms with E-state index in [-0.39, 0.29) is 5.54 Å². The van der Waals surface area contributed by atoms with Gasteiger partial charge in [0.2, 0.25) is 0 Å². The largest absolute Gasteiger partial charge is 0.329 e. The van der Waals surface area contributed by atoms with Gasteiger partial charge in [-0.15, -0.1) is 0 Å². The molecule has 0 spiro atoms. The molecule has 106 valence electrons. The van der Waals surface area contributed by atoms with Crippen molar-refractivity contribution in [3.63, 3.8) is 0 Å². The maximum Gasteiger partial charge on any atom is 0.0332 e. The molecule has 0 unspecified atom stereocenters. The Morgan fingerprint density at radius 1 is 1.21 bits per heavy atom. The van der Waals surface area contributed by atoms with Crippen LogP contribution in [0.1, 0.15) is 50.5 Å². The third-order valence-corrected chi connectivity index (χ3v) is 4.62. The van der Waals surface area contributed by atoms with Crippen LogP contribution in [0, 0.1) is 0 Å². The summed E-state index contributed by atoms with van der Waals surface area (Å²) < 4.78 is 0. The number of hydrogen-bond donors (Lipinski definition) is 1. The number of hydrogen-bond acceptors (Lipinski definition) is 3. The first-order chi connectivity index (χ1) is 9.27. The van der Waals surface area contributed by atoms with Gasteiger partial charge in [-0.1, -0.05) is 38.2 Å². The average molecular weight is 261 g/mol. The summed E-state index contributed by atoms with van der Waals surface area (Å²) in [7, 11) is 2.22. The van der Waals surface area contributed by atoms with E-state index in [9.17, 15) is 0 Å². The van der Waals surface area contributed by atoms with Crippen LogP contribution < -0.4 is 5.73 Å². The summed E-state index contributed by atoms with van der Waals surface area (Å²) in [6.07, 6.45) is 13.0. The Balaban J connectivity index is 2.05. The fourth-order valence-corrected chi connectivity index (χ4v) is 3.24. The zero-order valence-electron chi connectivity index (χ0n) is 12.1. The molecule has 3 heteroatoms. The fourth-order valence-electron chi connectivity index (χ4n) is 3.24. The van der Waals surface area contributed by atoms with E-state index in [4.69, 9.17) is 5.73 Å². The van der Waals surface area contributed by atoms with Crippen molar-refractivity contribution in [2.24, 2.45) is 5.73 Å². The molecule has 0 amide bonds. The molecular weight excluding hydrogens is 234 g/mol. The molecule has 1 aliphatic rings. The van der Waals surface area contributed by atoms with Crippen LogP contribution in [-0.4, -0.2) is 29.0 Å². The van der Waals surface area contributed by atoms with E-state index in [0.717, 1.165) is 13.1 Å². The molecule has 1 fully saturated rings. The minimum atomic E-state index is 0.191. The van der Waals surface area contributed by atoms with Crippen LogP contribution in [0.4, 0.5) is 0 Å². The van der Waals surface area contributed by atoms with Gasteiger partial charge in [0.25, 0.3) is 0 Å². The second kappa shape index (κ2) is 7.01. The van der Waals surface area contributed by atoms with Crippen molar-refractivity contribution < 1.29 is 0 Å². The van der Waals surface area contributed by atoms with Gasteiger partial charge in [0, 0.05) is 31.0 Å². The van der Waals surface area contributed by atoms with Crippen molar-refractivity contribution >= 4 is 0 Å². The number of likely N-dealkylation sites (N-methyl/N-ethyl adjacent to an activating group) is 1. The molecule has 1 aromatic rings. The Morgan fingerprint density at radius 2 is 1.89 bits per heavy atom. The van der Waals surface area contributed by atoms with E-state index in [0.29, 0.717) is 0 Å². The first kappa shape index (κ1) is 14.5. The first-order valence-corrected chi connectivity index (χ1v) is 7.57. The van der Waals surface area contributed by atoms with Gasteiger partial charge >= 0.3 is 0 Å². The molecule has 19 heavy (non-hydrogen) atoms. The summed E-state index contributed by atoms with van der Waals surface area (Å²) in [5, 5.41) is 0. The highest BCUT2D eigenvalue weighted by Gasteiger charge is 2.32. The van der Waals surface area contributed by atoms with Crippen molar-refractivity contribution in [1.82, 2.24) is 9.88 Å². The summed E-state index contributed by atoms with van der Waals surface area (Å²) in [6.45, 7) is 1.72. The zero-order valence-corrected chi connectivity index (χ0v) is 12.1. The minimum Gasteiger partial charge on any atom is -0.329 e. The predicted molar refractivity (Wildman–Crippen MR) is 79.8 cm³/mol. The molecule has 0 aliphatic heterocycles. The van der Waals surface area contributed by atoms with E-state index in [1.807, 2.05) is 18.5 Å². The number of pyridine rings is 1. The summed E-state index contributed by atoms with van der Waals surface area (Å²) in [5.74, 6) is 0. The van der Waals surface area contributed by atoms with Crippen LogP contribution in [0.15, 0.2) is 24.5 Å². The predicted octanol–water partition coefficient (Wildman–Crippen LogP) is 2.96. The van der Waals surface area contributed by atoms with Crippen LogP contribution in [0.25, 0.3) is 0 Å². The summed E-state index contributed by atoms with van der Waals surface area (Å²) in [4.78, 5) is 6.67. The lowest BCUT2D eigenvalue weighted by Gasteiger charge is -2.42. The van der Waals surface area contributed by atoms with Crippen molar-refractivity contribution in [3.8, 4) is 0 Å². The normalized spacial score (nSPS) is 19.9. The molecule has 1 heterocycles. The van der Waals surface area contributed by atoms with Gasteiger partial charge < -0.3 is 5.73 Å². The van der Waals surface area contributed by atoms with Crippen molar-refractivity contribution in [2.45, 2.75) is 57.0 Å². The van der Waals surface area contributed by atoms with Crippen molar-refractivity contribution in [1.29, 1.82) is 0 Å². The van der Waals surface area contributed by atoms with Gasteiger partial charge in [-0.25, -0.2) is 0 Å². The third-order valence-electron chi connectivity index (χ3n) is 4.62. The monoisotopic (exact) mass is 261 g/mol. The quantitative estimate of drug-likeness (QED) is 0.906. The minimum absolute atomic E-state index is 0.191. The van der Waals surface area contributed by atoms with Gasteiger partial charge in [0.1, 0.15) is 0 Å². The first-order valence-electron chi connectivity index (χ1n) is 7.57. The molecule has 0 atom stereocenters. The van der Waals surface area contributed by atoms with Gasteiger partial charge in [-0.3, -0.25) is 9.88 Å². The standard InChI is InChI=1S/C16H27N3/c1-19(13-15-8-7-11-18-12-15)16(14-17)9-5-3-2-4-6-10-16/h7-8,11-12H,2-6,9-10,13-14,17H2,1H3. The van der Waals surface area contributed by atoms with Crippen molar-refractivity contribution in [2.75, 3.05) is 13.6 Å². The molecule has 0 aromatic carbocycles. The lowest BCUT2D eigenvalue weighted by Crippen LogP contribution is -2.52. The molecule has 3 nitrogen and oxygen atoms in total. The maximum absolute atomic E-state index is 6.16. The highest BCUT2D eigenvalue weighted by atomic mass is 15.2. The molecule has 1 aliphatic carbocycles. The fraction of sp³-hybridized carbons (Fsp3) is 0.688. The van der Waals surface area contributed by atoms with Crippen LogP contribution in [0.2, 0.25) is 0 Å². The van der Waals surface area contributed by atoms with Gasteiger partial charge in [-0.2, -0.15) is 0 Å². The summed E-state index contributed by atoms with van der Waals surface area (Å²) in [5.41, 5.74) is 7.62. The van der Waals surface area contributed by atoms with E-state index in [1.54, 1.807) is 0 Å².